The average Bonchev–Trinajstić information content (AvgIpc) is 3.36. The fourth-order valence-electron chi connectivity index (χ4n) is 6.28. The smallest absolute Gasteiger partial charge is 0.275 e. The van der Waals surface area contributed by atoms with Crippen molar-refractivity contribution >= 4 is 29.3 Å². The number of carbonyl (C=O) groups is 3. The van der Waals surface area contributed by atoms with Crippen LogP contribution in [0.5, 0.6) is 5.75 Å². The Balaban J connectivity index is 1.31. The van der Waals surface area contributed by atoms with Gasteiger partial charge in [-0.15, -0.1) is 0 Å². The molecule has 0 radical (unpaired) electrons. The summed E-state index contributed by atoms with van der Waals surface area (Å²) in [5, 5.41) is 13.6. The summed E-state index contributed by atoms with van der Waals surface area (Å²) in [6.45, 7) is 5.45. The number of halogens is 1. The van der Waals surface area contributed by atoms with Crippen LogP contribution in [0.25, 0.3) is 0 Å². The van der Waals surface area contributed by atoms with E-state index in [1.165, 1.54) is 0 Å². The van der Waals surface area contributed by atoms with Crippen molar-refractivity contribution in [2.24, 2.45) is 5.41 Å². The van der Waals surface area contributed by atoms with Crippen molar-refractivity contribution in [1.29, 1.82) is 5.26 Å². The van der Waals surface area contributed by atoms with E-state index in [9.17, 15) is 19.6 Å². The number of hydrazine groups is 1. The van der Waals surface area contributed by atoms with Crippen LogP contribution in [0.4, 0.5) is 0 Å². The van der Waals surface area contributed by atoms with Crippen molar-refractivity contribution in [3.05, 3.63) is 64.2 Å². The number of nitrogens with one attached hydrogen (secondary N) is 3. The van der Waals surface area contributed by atoms with E-state index in [-0.39, 0.29) is 35.8 Å². The molecule has 2 aromatic carbocycles. The molecule has 1 saturated carbocycles. The Labute approximate surface area is 245 Å². The lowest BCUT2D eigenvalue weighted by molar-refractivity contribution is -0.139. The molecule has 3 amide bonds. The molecule has 10 heteroatoms. The maximum atomic E-state index is 14.0. The standard InChI is InChI=1S/C31H36ClN5O4/c1-18-14-22(8-10-25(18)41-26-15-19(2)35-36-29(26)39)28(38)34-20(3)30(40)37-24(21-6-4-7-23(32)16-21)9-11-27(37)31(17-33)12-5-13-31/h4,6-8,10,14,16,19-20,24,26-27,35H,5,9,11-13,15H2,1-3H3,(H,34,38)(H,36,39)/t19?,20-,24+,26?,27-/m1/s1. The molecule has 1 aliphatic carbocycles. The van der Waals surface area contributed by atoms with Crippen LogP contribution < -0.4 is 20.9 Å². The second kappa shape index (κ2) is 11.7. The van der Waals surface area contributed by atoms with Gasteiger partial charge in [-0.05, 0) is 87.9 Å². The Morgan fingerprint density at radius 2 is 2.00 bits per heavy atom. The molecule has 3 aliphatic rings. The van der Waals surface area contributed by atoms with Crippen LogP contribution in [0.15, 0.2) is 42.5 Å². The monoisotopic (exact) mass is 577 g/mol. The Hall–Kier alpha value is -3.61. The lowest BCUT2D eigenvalue weighted by atomic mass is 9.64. The normalized spacial score (nSPS) is 25.8. The number of nitriles is 1. The minimum Gasteiger partial charge on any atom is -0.480 e. The number of amides is 3. The maximum absolute atomic E-state index is 14.0. The Kier molecular flexibility index (Phi) is 8.25. The number of rotatable bonds is 7. The molecule has 3 N–H and O–H groups in total. The van der Waals surface area contributed by atoms with E-state index in [1.54, 1.807) is 31.2 Å². The van der Waals surface area contributed by atoms with Crippen molar-refractivity contribution < 1.29 is 19.1 Å². The molecule has 0 aromatic heterocycles. The summed E-state index contributed by atoms with van der Waals surface area (Å²) >= 11 is 6.29. The first-order valence-electron chi connectivity index (χ1n) is 14.2. The molecule has 2 saturated heterocycles. The van der Waals surface area contributed by atoms with E-state index in [0.717, 1.165) is 37.7 Å². The zero-order chi connectivity index (χ0) is 29.3. The van der Waals surface area contributed by atoms with Crippen LogP contribution in [0, 0.1) is 23.7 Å². The molecule has 5 atom stereocenters. The van der Waals surface area contributed by atoms with E-state index >= 15 is 0 Å². The van der Waals surface area contributed by atoms with Gasteiger partial charge in [0.2, 0.25) is 5.91 Å². The first-order valence-corrected chi connectivity index (χ1v) is 14.6. The van der Waals surface area contributed by atoms with Crippen LogP contribution in [-0.4, -0.2) is 46.9 Å². The number of hydrogen-bond donors (Lipinski definition) is 3. The largest absolute Gasteiger partial charge is 0.480 e. The average molecular weight is 578 g/mol. The first kappa shape index (κ1) is 28.9. The summed E-state index contributed by atoms with van der Waals surface area (Å²) in [5.41, 5.74) is 6.96. The number of benzene rings is 2. The maximum Gasteiger partial charge on any atom is 0.275 e. The SMILES string of the molecule is Cc1cc(C(=O)N[C@H](C)C(=O)N2[C@H](c3cccc(Cl)c3)CC[C@@H]2C2(C#N)CCC2)ccc1OC1CC(C)NNC1=O. The van der Waals surface area contributed by atoms with E-state index in [0.29, 0.717) is 28.3 Å². The molecular formula is C31H36ClN5O4. The molecule has 2 heterocycles. The molecular weight excluding hydrogens is 542 g/mol. The molecule has 2 aromatic rings. The van der Waals surface area contributed by atoms with Crippen LogP contribution in [0.1, 0.15) is 79.9 Å². The summed E-state index contributed by atoms with van der Waals surface area (Å²) in [5.74, 6) is -0.322. The van der Waals surface area contributed by atoms with Gasteiger partial charge in [0.05, 0.1) is 23.6 Å². The molecule has 216 valence electrons. The van der Waals surface area contributed by atoms with Gasteiger partial charge in [-0.25, -0.2) is 5.43 Å². The molecule has 2 aliphatic heterocycles. The van der Waals surface area contributed by atoms with Crippen molar-refractivity contribution in [3.8, 4) is 11.8 Å². The zero-order valence-electron chi connectivity index (χ0n) is 23.6. The highest BCUT2D eigenvalue weighted by molar-refractivity contribution is 6.30. The van der Waals surface area contributed by atoms with Gasteiger partial charge in [-0.1, -0.05) is 30.2 Å². The molecule has 0 spiro atoms. The van der Waals surface area contributed by atoms with E-state index in [1.807, 2.05) is 36.9 Å². The number of carbonyl (C=O) groups excluding carboxylic acids is 3. The third-order valence-corrected chi connectivity index (χ3v) is 8.94. The Bertz CT molecular complexity index is 1390. The van der Waals surface area contributed by atoms with Crippen LogP contribution >= 0.6 is 11.6 Å². The topological polar surface area (TPSA) is 124 Å². The van der Waals surface area contributed by atoms with E-state index < -0.39 is 17.6 Å². The number of likely N-dealkylation sites (tertiary alicyclic amines) is 1. The fraction of sp³-hybridized carbons (Fsp3) is 0.484. The zero-order valence-corrected chi connectivity index (χ0v) is 24.3. The molecule has 9 nitrogen and oxygen atoms in total. The Morgan fingerprint density at radius 3 is 2.66 bits per heavy atom. The van der Waals surface area contributed by atoms with Gasteiger partial charge in [0.25, 0.3) is 11.8 Å². The highest BCUT2D eigenvalue weighted by Gasteiger charge is 2.53. The lowest BCUT2D eigenvalue weighted by Gasteiger charge is -2.46. The molecule has 3 fully saturated rings. The molecule has 0 bridgehead atoms. The third kappa shape index (κ3) is 5.77. The highest BCUT2D eigenvalue weighted by atomic mass is 35.5. The third-order valence-electron chi connectivity index (χ3n) is 8.71. The quantitative estimate of drug-likeness (QED) is 0.449. The van der Waals surface area contributed by atoms with Crippen LogP contribution in [0.2, 0.25) is 5.02 Å². The van der Waals surface area contributed by atoms with E-state index in [2.05, 4.69) is 22.2 Å². The summed E-state index contributed by atoms with van der Waals surface area (Å²) in [6, 6.07) is 13.9. The van der Waals surface area contributed by atoms with Gasteiger partial charge in [-0.3, -0.25) is 19.8 Å². The molecule has 2 unspecified atom stereocenters. The predicted octanol–water partition coefficient (Wildman–Crippen LogP) is 4.35. The van der Waals surface area contributed by atoms with Gasteiger partial charge >= 0.3 is 0 Å². The van der Waals surface area contributed by atoms with Gasteiger partial charge in [0.15, 0.2) is 6.10 Å². The minimum atomic E-state index is -0.809. The molecule has 5 rings (SSSR count). The summed E-state index contributed by atoms with van der Waals surface area (Å²) in [4.78, 5) is 41.3. The first-order chi connectivity index (χ1) is 19.6. The lowest BCUT2D eigenvalue weighted by Crippen LogP contribution is -2.56. The van der Waals surface area contributed by atoms with Gasteiger partial charge < -0.3 is 15.0 Å². The van der Waals surface area contributed by atoms with E-state index in [4.69, 9.17) is 16.3 Å². The Morgan fingerprint density at radius 1 is 1.22 bits per heavy atom. The highest BCUT2D eigenvalue weighted by Crippen LogP contribution is 2.52. The fourth-order valence-corrected chi connectivity index (χ4v) is 6.48. The summed E-state index contributed by atoms with van der Waals surface area (Å²) < 4.78 is 5.94. The number of aryl methyl sites for hydroxylation is 1. The van der Waals surface area contributed by atoms with Crippen molar-refractivity contribution in [3.63, 3.8) is 0 Å². The predicted molar refractivity (Wildman–Crippen MR) is 154 cm³/mol. The number of ether oxygens (including phenoxy) is 1. The second-order valence-electron chi connectivity index (χ2n) is 11.6. The van der Waals surface area contributed by atoms with Crippen molar-refractivity contribution in [2.75, 3.05) is 0 Å². The van der Waals surface area contributed by atoms with Crippen molar-refractivity contribution in [2.45, 2.75) is 89.6 Å². The van der Waals surface area contributed by atoms with Crippen LogP contribution in [-0.2, 0) is 9.59 Å². The summed E-state index contributed by atoms with van der Waals surface area (Å²) in [7, 11) is 0. The second-order valence-corrected chi connectivity index (χ2v) is 12.0. The van der Waals surface area contributed by atoms with Crippen molar-refractivity contribution in [1.82, 2.24) is 21.1 Å². The summed E-state index contributed by atoms with van der Waals surface area (Å²) in [6.07, 6.45) is 3.87. The van der Waals surface area contributed by atoms with Gasteiger partial charge in [0, 0.05) is 23.0 Å². The van der Waals surface area contributed by atoms with Gasteiger partial charge in [0.1, 0.15) is 11.8 Å². The van der Waals surface area contributed by atoms with Crippen LogP contribution in [0.3, 0.4) is 0 Å². The minimum absolute atomic E-state index is 0.0723. The number of hydrogen-bond acceptors (Lipinski definition) is 6. The number of nitrogens with zero attached hydrogens (tertiary/aromatic N) is 2. The van der Waals surface area contributed by atoms with Gasteiger partial charge in [-0.2, -0.15) is 5.26 Å². The molecule has 41 heavy (non-hydrogen) atoms.